The van der Waals surface area contributed by atoms with Crippen molar-refractivity contribution in [2.75, 3.05) is 20.2 Å². The lowest BCUT2D eigenvalue weighted by Gasteiger charge is -2.32. The van der Waals surface area contributed by atoms with Crippen molar-refractivity contribution in [3.05, 3.63) is 64.7 Å². The fourth-order valence-electron chi connectivity index (χ4n) is 3.27. The molecule has 1 fully saturated rings. The van der Waals surface area contributed by atoms with E-state index < -0.39 is 0 Å². The van der Waals surface area contributed by atoms with Gasteiger partial charge >= 0.3 is 0 Å². The number of likely N-dealkylation sites (tertiary alicyclic amines) is 1. The highest BCUT2D eigenvalue weighted by molar-refractivity contribution is 6.30. The Bertz CT molecular complexity index is 606. The van der Waals surface area contributed by atoms with Gasteiger partial charge in [-0.05, 0) is 61.2 Å². The number of piperidine rings is 1. The van der Waals surface area contributed by atoms with Crippen LogP contribution in [0.25, 0.3) is 0 Å². The third kappa shape index (κ3) is 3.63. The molecule has 0 aliphatic carbocycles. The van der Waals surface area contributed by atoms with Crippen molar-refractivity contribution in [1.29, 1.82) is 0 Å². The lowest BCUT2D eigenvalue weighted by molar-refractivity contribution is 0.203. The first-order valence-corrected chi connectivity index (χ1v) is 8.24. The van der Waals surface area contributed by atoms with Crippen LogP contribution in [0.3, 0.4) is 0 Å². The number of methoxy groups -OCH3 is 1. The van der Waals surface area contributed by atoms with Crippen LogP contribution in [0, 0.1) is 0 Å². The van der Waals surface area contributed by atoms with Gasteiger partial charge in [-0.25, -0.2) is 0 Å². The monoisotopic (exact) mass is 315 g/mol. The van der Waals surface area contributed by atoms with Gasteiger partial charge in [-0.3, -0.25) is 4.90 Å². The molecule has 1 aliphatic rings. The Morgan fingerprint density at radius 1 is 1.09 bits per heavy atom. The van der Waals surface area contributed by atoms with Crippen molar-refractivity contribution in [2.45, 2.75) is 25.3 Å². The highest BCUT2D eigenvalue weighted by Gasteiger charge is 2.23. The minimum atomic E-state index is 0.542. The quantitative estimate of drug-likeness (QED) is 0.809. The van der Waals surface area contributed by atoms with Crippen LogP contribution < -0.4 is 4.74 Å². The number of ether oxygens (including phenoxy) is 1. The van der Waals surface area contributed by atoms with Crippen molar-refractivity contribution in [3.63, 3.8) is 0 Å². The van der Waals surface area contributed by atoms with Gasteiger partial charge in [0.1, 0.15) is 5.75 Å². The highest BCUT2D eigenvalue weighted by Crippen LogP contribution is 2.36. The fourth-order valence-corrected chi connectivity index (χ4v) is 3.45. The molecule has 0 N–H and O–H groups in total. The lowest BCUT2D eigenvalue weighted by Crippen LogP contribution is -2.32. The zero-order valence-electron chi connectivity index (χ0n) is 13.0. The van der Waals surface area contributed by atoms with Crippen LogP contribution in [0.5, 0.6) is 5.75 Å². The average molecular weight is 316 g/mol. The van der Waals surface area contributed by atoms with Crippen LogP contribution in [0.2, 0.25) is 5.02 Å². The molecule has 0 bridgehead atoms. The lowest BCUT2D eigenvalue weighted by atomic mass is 9.88. The van der Waals surface area contributed by atoms with Gasteiger partial charge in [-0.1, -0.05) is 41.9 Å². The second-order valence-electron chi connectivity index (χ2n) is 5.92. The number of hydrogen-bond acceptors (Lipinski definition) is 2. The largest absolute Gasteiger partial charge is 0.496 e. The maximum Gasteiger partial charge on any atom is 0.122 e. The van der Waals surface area contributed by atoms with Crippen LogP contribution in [0.15, 0.2) is 48.5 Å². The summed E-state index contributed by atoms with van der Waals surface area (Å²) in [5.74, 6) is 1.51. The van der Waals surface area contributed by atoms with E-state index in [1.807, 2.05) is 12.1 Å². The maximum atomic E-state index is 6.16. The number of halogens is 1. The Morgan fingerprint density at radius 3 is 2.50 bits per heavy atom. The van der Waals surface area contributed by atoms with Gasteiger partial charge in [0.25, 0.3) is 0 Å². The normalized spacial score (nSPS) is 16.6. The first kappa shape index (κ1) is 15.4. The topological polar surface area (TPSA) is 12.5 Å². The molecular weight excluding hydrogens is 294 g/mol. The Morgan fingerprint density at radius 2 is 1.82 bits per heavy atom. The molecule has 2 aromatic carbocycles. The molecule has 2 nitrogen and oxygen atoms in total. The number of nitrogens with zero attached hydrogens (tertiary/aromatic N) is 1. The smallest absolute Gasteiger partial charge is 0.122 e. The third-order valence-corrected chi connectivity index (χ3v) is 4.70. The van der Waals surface area contributed by atoms with Crippen LogP contribution in [-0.2, 0) is 6.54 Å². The molecule has 3 heteroatoms. The van der Waals surface area contributed by atoms with Crippen molar-refractivity contribution >= 4 is 11.6 Å². The first-order valence-electron chi connectivity index (χ1n) is 7.86. The molecular formula is C19H22ClNO. The molecule has 0 amide bonds. The standard InChI is InChI=1S/C19H22ClNO/c1-22-19-8-7-17(20)13-18(19)16-9-11-21(12-10-16)14-15-5-3-2-4-6-15/h2-8,13,16H,9-12,14H2,1H3. The van der Waals surface area contributed by atoms with Gasteiger partial charge in [-0.15, -0.1) is 0 Å². The van der Waals surface area contributed by atoms with Crippen molar-refractivity contribution in [3.8, 4) is 5.75 Å². The molecule has 0 aromatic heterocycles. The summed E-state index contributed by atoms with van der Waals surface area (Å²) < 4.78 is 5.50. The summed E-state index contributed by atoms with van der Waals surface area (Å²) in [5, 5.41) is 0.794. The summed E-state index contributed by atoms with van der Waals surface area (Å²) in [4.78, 5) is 2.53. The van der Waals surface area contributed by atoms with Gasteiger partial charge in [0.05, 0.1) is 7.11 Å². The molecule has 0 saturated carbocycles. The first-order chi connectivity index (χ1) is 10.8. The summed E-state index contributed by atoms with van der Waals surface area (Å²) >= 11 is 6.16. The maximum absolute atomic E-state index is 6.16. The van der Waals surface area contributed by atoms with E-state index >= 15 is 0 Å². The predicted molar refractivity (Wildman–Crippen MR) is 91.7 cm³/mol. The molecule has 1 heterocycles. The molecule has 0 unspecified atom stereocenters. The minimum absolute atomic E-state index is 0.542. The molecule has 0 atom stereocenters. The van der Waals surface area contributed by atoms with Gasteiger partial charge < -0.3 is 4.74 Å². The number of hydrogen-bond donors (Lipinski definition) is 0. The number of rotatable bonds is 4. The summed E-state index contributed by atoms with van der Waals surface area (Å²) in [6.07, 6.45) is 2.31. The number of benzene rings is 2. The zero-order chi connectivity index (χ0) is 15.4. The van der Waals surface area contributed by atoms with Crippen LogP contribution in [-0.4, -0.2) is 25.1 Å². The highest BCUT2D eigenvalue weighted by atomic mass is 35.5. The van der Waals surface area contributed by atoms with E-state index in [4.69, 9.17) is 16.3 Å². The fraction of sp³-hybridized carbons (Fsp3) is 0.368. The van der Waals surface area contributed by atoms with Gasteiger partial charge in [0, 0.05) is 11.6 Å². The summed E-state index contributed by atoms with van der Waals surface area (Å²) in [6.45, 7) is 3.28. The second-order valence-corrected chi connectivity index (χ2v) is 6.36. The second kappa shape index (κ2) is 7.17. The molecule has 1 aliphatic heterocycles. The summed E-state index contributed by atoms with van der Waals surface area (Å²) in [6, 6.07) is 16.6. The Kier molecular flexibility index (Phi) is 5.01. The van der Waals surface area contributed by atoms with Gasteiger partial charge in [0.15, 0.2) is 0 Å². The van der Waals surface area contributed by atoms with E-state index in [1.54, 1.807) is 7.11 Å². The van der Waals surface area contributed by atoms with Crippen molar-refractivity contribution in [1.82, 2.24) is 4.90 Å². The summed E-state index contributed by atoms with van der Waals surface area (Å²) in [5.41, 5.74) is 2.65. The zero-order valence-corrected chi connectivity index (χ0v) is 13.7. The van der Waals surface area contributed by atoms with Crippen molar-refractivity contribution < 1.29 is 4.74 Å². The predicted octanol–water partition coefficient (Wildman–Crippen LogP) is 4.73. The van der Waals surface area contributed by atoms with Crippen molar-refractivity contribution in [2.24, 2.45) is 0 Å². The minimum Gasteiger partial charge on any atom is -0.496 e. The van der Waals surface area contributed by atoms with Gasteiger partial charge in [-0.2, -0.15) is 0 Å². The molecule has 116 valence electrons. The molecule has 22 heavy (non-hydrogen) atoms. The van der Waals surface area contributed by atoms with Crippen LogP contribution >= 0.6 is 11.6 Å². The molecule has 3 rings (SSSR count). The van der Waals surface area contributed by atoms with E-state index in [-0.39, 0.29) is 0 Å². The summed E-state index contributed by atoms with van der Waals surface area (Å²) in [7, 11) is 1.73. The Labute approximate surface area is 137 Å². The van der Waals surface area contributed by atoms with Crippen LogP contribution in [0.4, 0.5) is 0 Å². The van der Waals surface area contributed by atoms with E-state index in [9.17, 15) is 0 Å². The molecule has 0 spiro atoms. The van der Waals surface area contributed by atoms with E-state index in [0.29, 0.717) is 5.92 Å². The van der Waals surface area contributed by atoms with E-state index in [2.05, 4.69) is 41.3 Å². The van der Waals surface area contributed by atoms with Gasteiger partial charge in [0.2, 0.25) is 0 Å². The average Bonchev–Trinajstić information content (AvgIpc) is 2.56. The Balaban J connectivity index is 1.63. The molecule has 0 radical (unpaired) electrons. The third-order valence-electron chi connectivity index (χ3n) is 4.47. The molecule has 1 saturated heterocycles. The Hall–Kier alpha value is -1.51. The van der Waals surface area contributed by atoms with E-state index in [0.717, 1.165) is 43.2 Å². The SMILES string of the molecule is COc1ccc(Cl)cc1C1CCN(Cc2ccccc2)CC1. The van der Waals surface area contributed by atoms with E-state index in [1.165, 1.54) is 11.1 Å². The van der Waals surface area contributed by atoms with Crippen LogP contribution in [0.1, 0.15) is 29.9 Å². The molecule has 2 aromatic rings.